The van der Waals surface area contributed by atoms with Gasteiger partial charge in [0.05, 0.1) is 6.61 Å². The van der Waals surface area contributed by atoms with E-state index in [1.165, 1.54) is 0 Å². The van der Waals surface area contributed by atoms with Crippen molar-refractivity contribution in [2.24, 2.45) is 5.92 Å². The van der Waals surface area contributed by atoms with Gasteiger partial charge in [-0.1, -0.05) is 18.5 Å². The quantitative estimate of drug-likeness (QED) is 0.813. The van der Waals surface area contributed by atoms with Gasteiger partial charge in [-0.2, -0.15) is 0 Å². The molecule has 1 aromatic carbocycles. The van der Waals surface area contributed by atoms with Crippen molar-refractivity contribution in [1.82, 2.24) is 5.32 Å². The average Bonchev–Trinajstić information content (AvgIpc) is 3.21. The Kier molecular flexibility index (Phi) is 5.79. The monoisotopic (exact) mass is 339 g/mol. The van der Waals surface area contributed by atoms with Gasteiger partial charge >= 0.3 is 6.09 Å². The van der Waals surface area contributed by atoms with Crippen LogP contribution < -0.4 is 10.1 Å². The van der Waals surface area contributed by atoms with Crippen LogP contribution >= 0.6 is 11.6 Å². The summed E-state index contributed by atoms with van der Waals surface area (Å²) in [4.78, 5) is 11.7. The lowest BCUT2D eigenvalue weighted by atomic mass is 10.1. The molecule has 4 nitrogen and oxygen atoms in total. The third kappa shape index (κ3) is 5.61. The molecule has 128 valence electrons. The van der Waals surface area contributed by atoms with Crippen molar-refractivity contribution >= 4 is 17.7 Å². The molecule has 1 saturated carbocycles. The van der Waals surface area contributed by atoms with Crippen molar-refractivity contribution in [3.8, 4) is 5.75 Å². The highest BCUT2D eigenvalue weighted by atomic mass is 35.5. The first-order valence-corrected chi connectivity index (χ1v) is 8.57. The van der Waals surface area contributed by atoms with E-state index in [0.717, 1.165) is 29.2 Å². The number of ether oxygens (including phenoxy) is 2. The van der Waals surface area contributed by atoms with Crippen LogP contribution in [0.4, 0.5) is 4.79 Å². The van der Waals surface area contributed by atoms with Crippen molar-refractivity contribution < 1.29 is 14.3 Å². The Morgan fingerprint density at radius 1 is 1.39 bits per heavy atom. The summed E-state index contributed by atoms with van der Waals surface area (Å²) >= 11 is 6.13. The predicted molar refractivity (Wildman–Crippen MR) is 92.3 cm³/mol. The number of carbonyl (C=O) groups is 1. The highest BCUT2D eigenvalue weighted by Crippen LogP contribution is 2.50. The van der Waals surface area contributed by atoms with Gasteiger partial charge in [-0.25, -0.2) is 4.79 Å². The standard InChI is InChI=1S/C18H26ClNO3/c1-5-8-22-16-7-6-13(19)10-15(16)14-9-12(14)11-20-17(21)23-18(2,3)4/h6-7,10,12,14H,5,8-9,11H2,1-4H3,(H,20,21). The lowest BCUT2D eigenvalue weighted by molar-refractivity contribution is 0.0525. The lowest BCUT2D eigenvalue weighted by Gasteiger charge is -2.19. The van der Waals surface area contributed by atoms with Gasteiger partial charge in [0.15, 0.2) is 0 Å². The second kappa shape index (κ2) is 7.43. The normalized spacial score (nSPS) is 20.0. The molecule has 1 fully saturated rings. The van der Waals surface area contributed by atoms with Crippen LogP contribution in [0.5, 0.6) is 5.75 Å². The van der Waals surface area contributed by atoms with E-state index in [1.807, 2.05) is 39.0 Å². The van der Waals surface area contributed by atoms with Gasteiger partial charge < -0.3 is 14.8 Å². The summed E-state index contributed by atoms with van der Waals surface area (Å²) in [5.41, 5.74) is 0.670. The Morgan fingerprint density at radius 3 is 2.78 bits per heavy atom. The van der Waals surface area contributed by atoms with E-state index in [2.05, 4.69) is 12.2 Å². The molecule has 1 aliphatic rings. The molecule has 0 radical (unpaired) electrons. The van der Waals surface area contributed by atoms with Crippen LogP contribution in [0.1, 0.15) is 52.0 Å². The zero-order valence-corrected chi connectivity index (χ0v) is 15.1. The molecule has 1 N–H and O–H groups in total. The first-order chi connectivity index (χ1) is 10.8. The largest absolute Gasteiger partial charge is 0.493 e. The Bertz CT molecular complexity index is 554. The molecule has 1 aliphatic carbocycles. The van der Waals surface area contributed by atoms with E-state index < -0.39 is 5.60 Å². The fourth-order valence-corrected chi connectivity index (χ4v) is 2.72. The maximum absolute atomic E-state index is 11.7. The molecule has 0 spiro atoms. The lowest BCUT2D eigenvalue weighted by Crippen LogP contribution is -2.33. The summed E-state index contributed by atoms with van der Waals surface area (Å²) in [6.45, 7) is 8.96. The molecule has 5 heteroatoms. The van der Waals surface area contributed by atoms with Crippen molar-refractivity contribution in [2.75, 3.05) is 13.2 Å². The van der Waals surface area contributed by atoms with Gasteiger partial charge in [0, 0.05) is 11.6 Å². The first-order valence-electron chi connectivity index (χ1n) is 8.19. The second-order valence-electron chi connectivity index (χ2n) is 7.02. The minimum Gasteiger partial charge on any atom is -0.493 e. The molecule has 0 aliphatic heterocycles. The van der Waals surface area contributed by atoms with Crippen LogP contribution in [-0.4, -0.2) is 24.8 Å². The van der Waals surface area contributed by atoms with Crippen LogP contribution in [0, 0.1) is 5.92 Å². The number of nitrogens with one attached hydrogen (secondary N) is 1. The third-order valence-corrected chi connectivity index (χ3v) is 3.90. The number of carbonyl (C=O) groups excluding carboxylic acids is 1. The van der Waals surface area contributed by atoms with Crippen LogP contribution in [-0.2, 0) is 4.74 Å². The number of alkyl carbamates (subject to hydrolysis) is 1. The molecule has 1 amide bonds. The molecule has 0 saturated heterocycles. The van der Waals surface area contributed by atoms with E-state index in [9.17, 15) is 4.79 Å². The molecular formula is C18H26ClNO3. The summed E-state index contributed by atoms with van der Waals surface area (Å²) in [6, 6.07) is 5.76. The van der Waals surface area contributed by atoms with Crippen LogP contribution in [0.3, 0.4) is 0 Å². The van der Waals surface area contributed by atoms with Crippen molar-refractivity contribution in [2.45, 2.75) is 52.1 Å². The number of benzene rings is 1. The highest BCUT2D eigenvalue weighted by Gasteiger charge is 2.40. The molecule has 0 aromatic heterocycles. The first kappa shape index (κ1) is 17.9. The van der Waals surface area contributed by atoms with Crippen molar-refractivity contribution in [1.29, 1.82) is 0 Å². The fraction of sp³-hybridized carbons (Fsp3) is 0.611. The maximum atomic E-state index is 11.7. The van der Waals surface area contributed by atoms with E-state index in [0.29, 0.717) is 25.0 Å². The van der Waals surface area contributed by atoms with Gasteiger partial charge in [-0.3, -0.25) is 0 Å². The molecule has 0 bridgehead atoms. The predicted octanol–water partition coefficient (Wildman–Crippen LogP) is 4.76. The van der Waals surface area contributed by atoms with Crippen LogP contribution in [0.15, 0.2) is 18.2 Å². The van der Waals surface area contributed by atoms with Gasteiger partial charge in [0.25, 0.3) is 0 Å². The topological polar surface area (TPSA) is 47.6 Å². The molecular weight excluding hydrogens is 314 g/mol. The van der Waals surface area contributed by atoms with Crippen LogP contribution in [0.2, 0.25) is 5.02 Å². The zero-order valence-electron chi connectivity index (χ0n) is 14.3. The van der Waals surface area contributed by atoms with Crippen molar-refractivity contribution in [3.63, 3.8) is 0 Å². The molecule has 2 atom stereocenters. The maximum Gasteiger partial charge on any atom is 0.407 e. The zero-order chi connectivity index (χ0) is 17.0. The molecule has 0 heterocycles. The Balaban J connectivity index is 1.90. The van der Waals surface area contributed by atoms with Gasteiger partial charge in [-0.05, 0) is 69.2 Å². The SMILES string of the molecule is CCCOc1ccc(Cl)cc1C1CC1CNC(=O)OC(C)(C)C. The van der Waals surface area contributed by atoms with Gasteiger partial charge in [0.1, 0.15) is 11.4 Å². The Hall–Kier alpha value is -1.42. The summed E-state index contributed by atoms with van der Waals surface area (Å²) in [5, 5.41) is 3.56. The molecule has 2 unspecified atom stereocenters. The average molecular weight is 340 g/mol. The number of halogens is 1. The van der Waals surface area contributed by atoms with E-state index in [1.54, 1.807) is 0 Å². The molecule has 2 rings (SSSR count). The number of hydrogen-bond acceptors (Lipinski definition) is 3. The number of rotatable bonds is 6. The summed E-state index contributed by atoms with van der Waals surface area (Å²) < 4.78 is 11.1. The van der Waals surface area contributed by atoms with Gasteiger partial charge in [-0.15, -0.1) is 0 Å². The Labute approximate surface area is 143 Å². The summed E-state index contributed by atoms with van der Waals surface area (Å²) in [7, 11) is 0. The smallest absolute Gasteiger partial charge is 0.407 e. The van der Waals surface area contributed by atoms with E-state index in [4.69, 9.17) is 21.1 Å². The third-order valence-electron chi connectivity index (χ3n) is 3.66. The minimum absolute atomic E-state index is 0.364. The Morgan fingerprint density at radius 2 is 2.13 bits per heavy atom. The number of hydrogen-bond donors (Lipinski definition) is 1. The second-order valence-corrected chi connectivity index (χ2v) is 7.45. The van der Waals surface area contributed by atoms with Crippen molar-refractivity contribution in [3.05, 3.63) is 28.8 Å². The van der Waals surface area contributed by atoms with Crippen LogP contribution in [0.25, 0.3) is 0 Å². The van der Waals surface area contributed by atoms with E-state index in [-0.39, 0.29) is 6.09 Å². The molecule has 1 aromatic rings. The summed E-state index contributed by atoms with van der Waals surface area (Å²) in [6.07, 6.45) is 1.63. The van der Waals surface area contributed by atoms with Gasteiger partial charge in [0.2, 0.25) is 0 Å². The number of amides is 1. The highest BCUT2D eigenvalue weighted by molar-refractivity contribution is 6.30. The summed E-state index contributed by atoms with van der Waals surface area (Å²) in [5.74, 6) is 1.70. The minimum atomic E-state index is -0.471. The fourth-order valence-electron chi connectivity index (χ4n) is 2.54. The molecule has 23 heavy (non-hydrogen) atoms. The van der Waals surface area contributed by atoms with E-state index >= 15 is 0 Å².